The number of hydrogen-bond acceptors (Lipinski definition) is 3. The third-order valence-corrected chi connectivity index (χ3v) is 8.01. The maximum atomic E-state index is 11.4. The second-order valence-electron chi connectivity index (χ2n) is 8.80. The summed E-state index contributed by atoms with van der Waals surface area (Å²) in [5, 5.41) is 20.8. The predicted octanol–water partition coefficient (Wildman–Crippen LogP) is 2.84. The Morgan fingerprint density at radius 2 is 1.93 bits per heavy atom. The summed E-state index contributed by atoms with van der Waals surface area (Å²) in [6.45, 7) is 1.15. The number of imidazole rings is 1. The number of nitrogens with zero attached hydrogens (tertiary/aromatic N) is 3. The SMILES string of the molecule is O=C(O)N1CC2CCC(C1)C21C[C@H]([C@@H]2c3ccccc3-c3cncn32)[C@@H]1O. The Labute approximate surface area is 157 Å². The molecule has 6 heteroatoms. The van der Waals surface area contributed by atoms with Crippen LogP contribution in [0.4, 0.5) is 4.79 Å². The van der Waals surface area contributed by atoms with Crippen LogP contribution in [0.15, 0.2) is 36.8 Å². The first-order valence-electron chi connectivity index (χ1n) is 9.88. The van der Waals surface area contributed by atoms with Gasteiger partial charge >= 0.3 is 6.09 Å². The largest absolute Gasteiger partial charge is 0.465 e. The lowest BCUT2D eigenvalue weighted by Gasteiger charge is -2.61. The first-order chi connectivity index (χ1) is 13.1. The number of carbonyl (C=O) groups is 1. The standard InChI is InChI=1S/C21H23N3O3/c25-19-16(7-21(19)12-5-6-13(21)10-23(9-12)20(26)27)18-15-4-2-1-3-14(15)17-8-22-11-24(17)18/h1-4,8,11-13,16,18-19,25H,5-7,9-10H2,(H,26,27)/t12?,13?,16-,18+,19+,21?/m1/s1. The lowest BCUT2D eigenvalue weighted by molar-refractivity contribution is -0.193. The van der Waals surface area contributed by atoms with Gasteiger partial charge in [0.05, 0.1) is 30.4 Å². The summed E-state index contributed by atoms with van der Waals surface area (Å²) >= 11 is 0. The summed E-state index contributed by atoms with van der Waals surface area (Å²) < 4.78 is 2.22. The smallest absolute Gasteiger partial charge is 0.407 e. The fraction of sp³-hybridized carbons (Fsp3) is 0.524. The molecule has 140 valence electrons. The van der Waals surface area contributed by atoms with E-state index in [0.717, 1.165) is 25.0 Å². The van der Waals surface area contributed by atoms with Crippen LogP contribution in [0.2, 0.25) is 0 Å². The van der Waals surface area contributed by atoms with E-state index in [1.54, 1.807) is 4.90 Å². The van der Waals surface area contributed by atoms with E-state index in [0.29, 0.717) is 13.1 Å². The van der Waals surface area contributed by atoms with Crippen molar-refractivity contribution >= 4 is 6.09 Å². The van der Waals surface area contributed by atoms with Crippen molar-refractivity contribution in [1.82, 2.24) is 14.5 Å². The van der Waals surface area contributed by atoms with E-state index in [2.05, 4.69) is 33.8 Å². The van der Waals surface area contributed by atoms with Crippen molar-refractivity contribution in [2.75, 3.05) is 13.1 Å². The van der Waals surface area contributed by atoms with Crippen LogP contribution in [0.5, 0.6) is 0 Å². The molecule has 1 aromatic heterocycles. The van der Waals surface area contributed by atoms with Crippen LogP contribution in [-0.2, 0) is 0 Å². The summed E-state index contributed by atoms with van der Waals surface area (Å²) in [7, 11) is 0. The van der Waals surface area contributed by atoms with Gasteiger partial charge in [-0.3, -0.25) is 0 Å². The van der Waals surface area contributed by atoms with Crippen molar-refractivity contribution < 1.29 is 15.0 Å². The number of benzene rings is 1. The Bertz CT molecular complexity index is 924. The van der Waals surface area contributed by atoms with Crippen molar-refractivity contribution in [2.45, 2.75) is 31.4 Å². The fourth-order valence-corrected chi connectivity index (χ4v) is 6.85. The van der Waals surface area contributed by atoms with Crippen molar-refractivity contribution in [3.63, 3.8) is 0 Å². The third kappa shape index (κ3) is 1.79. The van der Waals surface area contributed by atoms with Crippen LogP contribution < -0.4 is 0 Å². The predicted molar refractivity (Wildman–Crippen MR) is 98.2 cm³/mol. The van der Waals surface area contributed by atoms with Gasteiger partial charge in [-0.25, -0.2) is 9.78 Å². The van der Waals surface area contributed by atoms with Crippen LogP contribution in [0.1, 0.15) is 30.9 Å². The van der Waals surface area contributed by atoms with Gasteiger partial charge < -0.3 is 19.7 Å². The molecule has 4 aliphatic rings. The van der Waals surface area contributed by atoms with Crippen LogP contribution in [0.3, 0.4) is 0 Å². The zero-order valence-corrected chi connectivity index (χ0v) is 15.0. The normalized spacial score (nSPS) is 38.6. The van der Waals surface area contributed by atoms with Gasteiger partial charge in [0.2, 0.25) is 0 Å². The Balaban J connectivity index is 1.34. The highest BCUT2D eigenvalue weighted by molar-refractivity contribution is 5.69. The van der Waals surface area contributed by atoms with Gasteiger partial charge in [0.25, 0.3) is 0 Å². The molecular weight excluding hydrogens is 342 g/mol. The molecule has 6 nitrogen and oxygen atoms in total. The van der Waals surface area contributed by atoms with E-state index in [9.17, 15) is 15.0 Å². The fourth-order valence-electron chi connectivity index (χ4n) is 6.85. The van der Waals surface area contributed by atoms with Crippen LogP contribution in [-0.4, -0.2) is 50.0 Å². The number of aliphatic hydroxyl groups is 1. The van der Waals surface area contributed by atoms with E-state index in [-0.39, 0.29) is 35.3 Å². The van der Waals surface area contributed by atoms with Gasteiger partial charge in [-0.1, -0.05) is 24.3 Å². The zero-order chi connectivity index (χ0) is 18.3. The third-order valence-electron chi connectivity index (χ3n) is 8.01. The van der Waals surface area contributed by atoms with Gasteiger partial charge in [0.15, 0.2) is 0 Å². The minimum absolute atomic E-state index is 0.0884. The molecule has 2 aliphatic heterocycles. The molecule has 2 saturated carbocycles. The van der Waals surface area contributed by atoms with Crippen molar-refractivity contribution in [1.29, 1.82) is 0 Å². The molecule has 1 saturated heterocycles. The molecule has 2 aromatic rings. The Kier molecular flexibility index (Phi) is 2.98. The van der Waals surface area contributed by atoms with Crippen LogP contribution in [0.25, 0.3) is 11.3 Å². The van der Waals surface area contributed by atoms with Crippen molar-refractivity contribution in [3.05, 3.63) is 42.4 Å². The quantitative estimate of drug-likeness (QED) is 0.815. The van der Waals surface area contributed by atoms with Gasteiger partial charge in [0.1, 0.15) is 0 Å². The number of aromatic nitrogens is 2. The van der Waals surface area contributed by atoms with Gasteiger partial charge in [-0.2, -0.15) is 0 Å². The molecule has 6 rings (SSSR count). The van der Waals surface area contributed by atoms with Gasteiger partial charge in [-0.15, -0.1) is 0 Å². The zero-order valence-electron chi connectivity index (χ0n) is 15.0. The molecular formula is C21H23N3O3. The number of fused-ring (bicyclic) bond motifs is 3. The summed E-state index contributed by atoms with van der Waals surface area (Å²) in [5.41, 5.74) is 3.54. The molecule has 3 heterocycles. The summed E-state index contributed by atoms with van der Waals surface area (Å²) in [5.74, 6) is 0.746. The molecule has 2 bridgehead atoms. The van der Waals surface area contributed by atoms with Crippen molar-refractivity contribution in [2.24, 2.45) is 23.2 Å². The van der Waals surface area contributed by atoms with E-state index in [1.807, 2.05) is 12.5 Å². The number of carboxylic acid groups (broad SMARTS) is 1. The molecule has 1 amide bonds. The lowest BCUT2D eigenvalue weighted by atomic mass is 9.48. The van der Waals surface area contributed by atoms with Gasteiger partial charge in [-0.05, 0) is 36.7 Å². The molecule has 1 spiro atoms. The second kappa shape index (κ2) is 5.13. The highest BCUT2D eigenvalue weighted by Gasteiger charge is 2.67. The first-order valence-corrected chi connectivity index (χ1v) is 9.88. The van der Waals surface area contributed by atoms with E-state index in [4.69, 9.17) is 0 Å². The molecule has 2 aliphatic carbocycles. The number of amides is 1. The maximum absolute atomic E-state index is 11.4. The van der Waals surface area contributed by atoms with Gasteiger partial charge in [0, 0.05) is 30.0 Å². The van der Waals surface area contributed by atoms with Crippen LogP contribution >= 0.6 is 0 Å². The second-order valence-corrected chi connectivity index (χ2v) is 8.80. The average Bonchev–Trinajstić information content (AvgIpc) is 3.30. The monoisotopic (exact) mass is 365 g/mol. The molecule has 2 unspecified atom stereocenters. The first kappa shape index (κ1) is 15.7. The van der Waals surface area contributed by atoms with Crippen LogP contribution in [0, 0.1) is 23.2 Å². The molecule has 2 N–H and O–H groups in total. The number of piperidine rings is 1. The van der Waals surface area contributed by atoms with E-state index >= 15 is 0 Å². The number of hydrogen-bond donors (Lipinski definition) is 2. The summed E-state index contributed by atoms with van der Waals surface area (Å²) in [6.07, 6.45) is 5.66. The van der Waals surface area contributed by atoms with E-state index in [1.165, 1.54) is 11.1 Å². The minimum Gasteiger partial charge on any atom is -0.465 e. The Morgan fingerprint density at radius 1 is 1.19 bits per heavy atom. The Morgan fingerprint density at radius 3 is 2.63 bits per heavy atom. The topological polar surface area (TPSA) is 78.6 Å². The molecule has 1 aromatic carbocycles. The number of rotatable bonds is 1. The molecule has 0 radical (unpaired) electrons. The molecule has 5 atom stereocenters. The highest BCUT2D eigenvalue weighted by atomic mass is 16.4. The van der Waals surface area contributed by atoms with E-state index < -0.39 is 6.09 Å². The number of aliphatic hydroxyl groups excluding tert-OH is 1. The number of likely N-dealkylation sites (tertiary alicyclic amines) is 1. The Hall–Kier alpha value is -2.34. The summed E-state index contributed by atoms with van der Waals surface area (Å²) in [6, 6.07) is 8.57. The van der Waals surface area contributed by atoms with Crippen molar-refractivity contribution in [3.8, 4) is 11.3 Å². The minimum atomic E-state index is -0.820. The average molecular weight is 365 g/mol. The molecule has 3 fully saturated rings. The highest BCUT2D eigenvalue weighted by Crippen LogP contribution is 2.67. The summed E-state index contributed by atoms with van der Waals surface area (Å²) in [4.78, 5) is 17.3. The lowest BCUT2D eigenvalue weighted by Crippen LogP contribution is -2.65. The maximum Gasteiger partial charge on any atom is 0.407 e. The molecule has 27 heavy (non-hydrogen) atoms.